The van der Waals surface area contributed by atoms with Gasteiger partial charge in [-0.25, -0.2) is 0 Å². The summed E-state index contributed by atoms with van der Waals surface area (Å²) in [6.45, 7) is 4.96. The second-order valence-corrected chi connectivity index (χ2v) is 7.65. The van der Waals surface area contributed by atoms with E-state index < -0.39 is 6.04 Å². The van der Waals surface area contributed by atoms with Crippen molar-refractivity contribution in [3.8, 4) is 11.5 Å². The third-order valence-electron chi connectivity index (χ3n) is 5.54. The van der Waals surface area contributed by atoms with Gasteiger partial charge in [0.25, 0.3) is 0 Å². The Kier molecular flexibility index (Phi) is 7.93. The van der Waals surface area contributed by atoms with Gasteiger partial charge in [-0.1, -0.05) is 31.2 Å². The summed E-state index contributed by atoms with van der Waals surface area (Å²) in [4.78, 5) is 25.9. The van der Waals surface area contributed by atoms with Gasteiger partial charge in [-0.15, -0.1) is 0 Å². The Morgan fingerprint density at radius 2 is 1.24 bits per heavy atom. The van der Waals surface area contributed by atoms with Crippen LogP contribution in [0.15, 0.2) is 36.4 Å². The fourth-order valence-electron chi connectivity index (χ4n) is 3.99. The first kappa shape index (κ1) is 23.2. The Hall–Kier alpha value is -2.94. The number of hydrogen-bond acceptors (Lipinski definition) is 7. The van der Waals surface area contributed by atoms with E-state index in [-0.39, 0.29) is 11.7 Å². The van der Waals surface area contributed by atoms with E-state index in [1.165, 1.54) is 0 Å². The maximum atomic E-state index is 13.4. The van der Waals surface area contributed by atoms with Crippen LogP contribution in [0.25, 0.3) is 0 Å². The zero-order valence-corrected chi connectivity index (χ0v) is 18.8. The van der Waals surface area contributed by atoms with Gasteiger partial charge in [0.1, 0.15) is 24.7 Å². The summed E-state index contributed by atoms with van der Waals surface area (Å²) in [5, 5.41) is 3.07. The second-order valence-electron chi connectivity index (χ2n) is 7.65. The van der Waals surface area contributed by atoms with Crippen molar-refractivity contribution in [2.24, 2.45) is 0 Å². The molecule has 0 unspecified atom stereocenters. The Balaban J connectivity index is 1.75. The Bertz CT molecular complexity index is 923. The molecule has 0 spiro atoms. The van der Waals surface area contributed by atoms with Gasteiger partial charge in [-0.2, -0.15) is 0 Å². The second kappa shape index (κ2) is 11.3. The molecule has 2 bridgehead atoms. The Morgan fingerprint density at radius 1 is 0.788 bits per heavy atom. The number of ether oxygens (including phenoxy) is 5. The molecule has 0 aromatic heterocycles. The standard InChI is InChI=1S/C25H29NO7/c1-2-21(27)26-24-22-17-5-3-7-19(22)32-15-13-30-11-9-29-10-12-31-14-16-33-20-8-4-6-18(23(20)24)25(17)28/h3-8,24H,2,9-16H2,1H3,(H,26,27). The van der Waals surface area contributed by atoms with Crippen LogP contribution in [0.2, 0.25) is 0 Å². The van der Waals surface area contributed by atoms with E-state index >= 15 is 0 Å². The third kappa shape index (κ3) is 5.35. The van der Waals surface area contributed by atoms with Gasteiger partial charge < -0.3 is 29.0 Å². The van der Waals surface area contributed by atoms with Crippen LogP contribution in [0, 0.1) is 0 Å². The van der Waals surface area contributed by atoms with E-state index in [1.54, 1.807) is 43.3 Å². The molecule has 1 N–H and O–H groups in total. The van der Waals surface area contributed by atoms with Crippen LogP contribution >= 0.6 is 0 Å². The van der Waals surface area contributed by atoms with Crippen molar-refractivity contribution in [2.75, 3.05) is 52.9 Å². The molecule has 0 fully saturated rings. The van der Waals surface area contributed by atoms with E-state index in [4.69, 9.17) is 23.7 Å². The molecule has 1 aliphatic carbocycles. The molecular weight excluding hydrogens is 426 g/mol. The van der Waals surface area contributed by atoms with Gasteiger partial charge in [-0.05, 0) is 12.1 Å². The van der Waals surface area contributed by atoms with Crippen molar-refractivity contribution in [3.05, 3.63) is 58.7 Å². The lowest BCUT2D eigenvalue weighted by molar-refractivity contribution is -0.121. The van der Waals surface area contributed by atoms with Crippen molar-refractivity contribution in [2.45, 2.75) is 19.4 Å². The number of benzene rings is 2. The highest BCUT2D eigenvalue weighted by Crippen LogP contribution is 2.44. The molecule has 0 saturated heterocycles. The summed E-state index contributed by atoms with van der Waals surface area (Å²) < 4.78 is 28.7. The molecule has 4 rings (SSSR count). The highest BCUT2D eigenvalue weighted by molar-refractivity contribution is 6.13. The van der Waals surface area contributed by atoms with Crippen LogP contribution in [0.4, 0.5) is 0 Å². The normalized spacial score (nSPS) is 17.8. The Labute approximate surface area is 193 Å². The largest absolute Gasteiger partial charge is 0.491 e. The number of nitrogens with one attached hydrogen (secondary N) is 1. The first-order valence-electron chi connectivity index (χ1n) is 11.3. The number of carbonyl (C=O) groups is 2. The van der Waals surface area contributed by atoms with Gasteiger partial charge in [0, 0.05) is 28.7 Å². The number of carbonyl (C=O) groups excluding carboxylic acids is 2. The smallest absolute Gasteiger partial charge is 0.220 e. The average molecular weight is 456 g/mol. The van der Waals surface area contributed by atoms with Gasteiger partial charge in [-0.3, -0.25) is 9.59 Å². The molecule has 0 saturated carbocycles. The third-order valence-corrected chi connectivity index (χ3v) is 5.54. The van der Waals surface area contributed by atoms with E-state index in [9.17, 15) is 9.59 Å². The van der Waals surface area contributed by atoms with E-state index in [1.807, 2.05) is 0 Å². The predicted octanol–water partition coefficient (Wildman–Crippen LogP) is 2.67. The molecule has 8 nitrogen and oxygen atoms in total. The molecule has 1 aliphatic heterocycles. The highest BCUT2D eigenvalue weighted by Gasteiger charge is 2.36. The molecule has 8 heteroatoms. The zero-order valence-electron chi connectivity index (χ0n) is 18.8. The van der Waals surface area contributed by atoms with Crippen LogP contribution in [0.1, 0.15) is 46.4 Å². The van der Waals surface area contributed by atoms with Crippen molar-refractivity contribution in [1.29, 1.82) is 0 Å². The average Bonchev–Trinajstić information content (AvgIpc) is 2.83. The molecule has 2 aromatic carbocycles. The lowest BCUT2D eigenvalue weighted by atomic mass is 9.80. The van der Waals surface area contributed by atoms with E-state index in [0.717, 1.165) is 0 Å². The summed E-state index contributed by atoms with van der Waals surface area (Å²) in [6.07, 6.45) is 0.310. The zero-order chi connectivity index (χ0) is 23.0. The summed E-state index contributed by atoms with van der Waals surface area (Å²) >= 11 is 0. The predicted molar refractivity (Wildman–Crippen MR) is 120 cm³/mol. The molecule has 0 radical (unpaired) electrons. The van der Waals surface area contributed by atoms with Crippen molar-refractivity contribution in [3.63, 3.8) is 0 Å². The summed E-state index contributed by atoms with van der Waals surface area (Å²) in [6, 6.07) is 10.1. The molecule has 2 aliphatic rings. The lowest BCUT2D eigenvalue weighted by Gasteiger charge is -2.31. The molecule has 0 atom stereocenters. The van der Waals surface area contributed by atoms with Gasteiger partial charge in [0.2, 0.25) is 5.91 Å². The highest BCUT2D eigenvalue weighted by atomic mass is 16.6. The summed E-state index contributed by atoms with van der Waals surface area (Å²) in [5.74, 6) is 0.806. The number of hydrogen-bond donors (Lipinski definition) is 1. The molecule has 176 valence electrons. The fraction of sp³-hybridized carbons (Fsp3) is 0.440. The Morgan fingerprint density at radius 3 is 1.70 bits per heavy atom. The SMILES string of the molecule is CCC(=O)NC1c2c3cccc2C(=O)c2cccc(c21)OCCOCCOCCOCCO3. The fourth-order valence-corrected chi connectivity index (χ4v) is 3.99. The molecule has 1 heterocycles. The lowest BCUT2D eigenvalue weighted by Crippen LogP contribution is -2.34. The monoisotopic (exact) mass is 455 g/mol. The first-order valence-corrected chi connectivity index (χ1v) is 11.3. The minimum atomic E-state index is -0.582. The van der Waals surface area contributed by atoms with Gasteiger partial charge in [0.05, 0.1) is 45.7 Å². The van der Waals surface area contributed by atoms with Gasteiger partial charge >= 0.3 is 0 Å². The van der Waals surface area contributed by atoms with Gasteiger partial charge in [0.15, 0.2) is 5.78 Å². The number of ketones is 1. The van der Waals surface area contributed by atoms with Crippen molar-refractivity contribution < 1.29 is 33.3 Å². The number of rotatable bonds is 2. The van der Waals surface area contributed by atoms with Crippen LogP contribution in [0.3, 0.4) is 0 Å². The minimum Gasteiger partial charge on any atom is -0.491 e. The van der Waals surface area contributed by atoms with Crippen LogP contribution in [-0.4, -0.2) is 64.5 Å². The van der Waals surface area contributed by atoms with Crippen LogP contribution < -0.4 is 14.8 Å². The van der Waals surface area contributed by atoms with E-state index in [0.29, 0.717) is 93.0 Å². The topological polar surface area (TPSA) is 92.3 Å². The first-order chi connectivity index (χ1) is 16.2. The molecular formula is C25H29NO7. The summed E-state index contributed by atoms with van der Waals surface area (Å²) in [7, 11) is 0. The molecule has 1 amide bonds. The quantitative estimate of drug-likeness (QED) is 0.744. The molecule has 33 heavy (non-hydrogen) atoms. The number of amides is 1. The van der Waals surface area contributed by atoms with Crippen LogP contribution in [0.5, 0.6) is 11.5 Å². The van der Waals surface area contributed by atoms with Crippen molar-refractivity contribution >= 4 is 11.7 Å². The minimum absolute atomic E-state index is 0.128. The maximum absolute atomic E-state index is 13.4. The van der Waals surface area contributed by atoms with Crippen molar-refractivity contribution in [1.82, 2.24) is 5.32 Å². The van der Waals surface area contributed by atoms with Crippen LogP contribution in [-0.2, 0) is 19.0 Å². The molecule has 2 aromatic rings. The maximum Gasteiger partial charge on any atom is 0.220 e. The van der Waals surface area contributed by atoms with E-state index in [2.05, 4.69) is 5.32 Å². The summed E-state index contributed by atoms with van der Waals surface area (Å²) in [5.41, 5.74) is 2.28.